The number of halogens is 1. The lowest BCUT2D eigenvalue weighted by molar-refractivity contribution is -0.115. The molecule has 0 saturated heterocycles. The topological polar surface area (TPSA) is 59.6 Å². The van der Waals surface area contributed by atoms with Crippen LogP contribution in [0.25, 0.3) is 6.08 Å². The van der Waals surface area contributed by atoms with Gasteiger partial charge in [0.2, 0.25) is 5.91 Å². The van der Waals surface area contributed by atoms with Crippen LogP contribution in [0.3, 0.4) is 0 Å². The molecule has 0 unspecified atom stereocenters. The third kappa shape index (κ3) is 5.77. The average molecular weight is 377 g/mol. The summed E-state index contributed by atoms with van der Waals surface area (Å²) in [5, 5.41) is 6.07. The fraction of sp³-hybridized carbons (Fsp3) is 0.111. The van der Waals surface area contributed by atoms with Crippen LogP contribution < -0.4 is 20.1 Å². The van der Waals surface area contributed by atoms with E-state index in [-0.39, 0.29) is 11.0 Å². The van der Waals surface area contributed by atoms with E-state index in [0.29, 0.717) is 16.5 Å². The summed E-state index contributed by atoms with van der Waals surface area (Å²) < 4.78 is 10.2. The number of anilines is 1. The Kier molecular flexibility index (Phi) is 6.80. The number of amides is 1. The molecule has 0 atom stereocenters. The number of rotatable bonds is 5. The second-order valence-corrected chi connectivity index (χ2v) is 5.71. The van der Waals surface area contributed by atoms with Crippen molar-refractivity contribution in [2.24, 2.45) is 0 Å². The third-order valence-electron chi connectivity index (χ3n) is 3.19. The van der Waals surface area contributed by atoms with Gasteiger partial charge in [-0.15, -0.1) is 0 Å². The van der Waals surface area contributed by atoms with E-state index in [1.54, 1.807) is 31.4 Å². The summed E-state index contributed by atoms with van der Waals surface area (Å²) in [5.41, 5.74) is 1.52. The quantitative estimate of drug-likeness (QED) is 0.612. The number of hydrogen-bond acceptors (Lipinski definition) is 4. The molecule has 0 saturated carbocycles. The summed E-state index contributed by atoms with van der Waals surface area (Å²) in [6, 6.07) is 12.4. The number of carbonyl (C=O) groups excluding carboxylic acids is 1. The molecule has 5 nitrogen and oxygen atoms in total. The molecule has 2 rings (SSSR count). The maximum absolute atomic E-state index is 11.9. The highest BCUT2D eigenvalue weighted by molar-refractivity contribution is 7.80. The zero-order valence-electron chi connectivity index (χ0n) is 13.7. The van der Waals surface area contributed by atoms with Crippen molar-refractivity contribution in [1.29, 1.82) is 0 Å². The number of benzene rings is 2. The van der Waals surface area contributed by atoms with Gasteiger partial charge in [0.1, 0.15) is 11.5 Å². The zero-order chi connectivity index (χ0) is 18.2. The molecule has 0 fully saturated rings. The van der Waals surface area contributed by atoms with Gasteiger partial charge in [-0.1, -0.05) is 23.7 Å². The van der Waals surface area contributed by atoms with Gasteiger partial charge in [-0.05, 0) is 54.2 Å². The summed E-state index contributed by atoms with van der Waals surface area (Å²) in [7, 11) is 3.14. The molecule has 0 aromatic heterocycles. The first-order chi connectivity index (χ1) is 12.0. The van der Waals surface area contributed by atoms with Gasteiger partial charge in [-0.25, -0.2) is 0 Å². The molecule has 2 N–H and O–H groups in total. The average Bonchev–Trinajstić information content (AvgIpc) is 2.60. The first-order valence-electron chi connectivity index (χ1n) is 7.29. The third-order valence-corrected chi connectivity index (χ3v) is 3.69. The molecule has 0 aliphatic carbocycles. The molecule has 2 aromatic rings. The number of nitrogens with one attached hydrogen (secondary N) is 2. The minimum absolute atomic E-state index is 0.172. The Morgan fingerprint density at radius 1 is 1.12 bits per heavy atom. The van der Waals surface area contributed by atoms with Crippen LogP contribution in [-0.2, 0) is 4.79 Å². The molecule has 0 spiro atoms. The second-order valence-electron chi connectivity index (χ2n) is 4.90. The first kappa shape index (κ1) is 18.8. The van der Waals surface area contributed by atoms with Crippen LogP contribution in [0.4, 0.5) is 5.69 Å². The molecule has 0 heterocycles. The van der Waals surface area contributed by atoms with E-state index < -0.39 is 0 Å². The SMILES string of the molecule is COc1ccc(C=CC(=O)NC(=S)Nc2ccc(OC)c(Cl)c2)cc1. The summed E-state index contributed by atoms with van der Waals surface area (Å²) in [6.45, 7) is 0. The molecule has 0 radical (unpaired) electrons. The van der Waals surface area contributed by atoms with Gasteiger partial charge in [0.15, 0.2) is 5.11 Å². The van der Waals surface area contributed by atoms with E-state index >= 15 is 0 Å². The Labute approximate surface area is 156 Å². The number of methoxy groups -OCH3 is 2. The van der Waals surface area contributed by atoms with Crippen LogP contribution in [0, 0.1) is 0 Å². The number of carbonyl (C=O) groups is 1. The van der Waals surface area contributed by atoms with Crippen molar-refractivity contribution in [3.05, 3.63) is 59.1 Å². The Morgan fingerprint density at radius 3 is 2.44 bits per heavy atom. The maximum atomic E-state index is 11.9. The molecule has 0 aliphatic heterocycles. The lowest BCUT2D eigenvalue weighted by Gasteiger charge is -2.10. The molecule has 0 bridgehead atoms. The molecule has 0 aliphatic rings. The van der Waals surface area contributed by atoms with E-state index in [0.717, 1.165) is 11.3 Å². The van der Waals surface area contributed by atoms with Crippen molar-refractivity contribution >= 4 is 46.6 Å². The number of ether oxygens (including phenoxy) is 2. The highest BCUT2D eigenvalue weighted by Gasteiger charge is 2.05. The smallest absolute Gasteiger partial charge is 0.250 e. The Balaban J connectivity index is 1.89. The highest BCUT2D eigenvalue weighted by atomic mass is 35.5. The monoisotopic (exact) mass is 376 g/mol. The van der Waals surface area contributed by atoms with Crippen molar-refractivity contribution in [2.75, 3.05) is 19.5 Å². The van der Waals surface area contributed by atoms with Crippen LogP contribution in [0.15, 0.2) is 48.5 Å². The second kappa shape index (κ2) is 9.05. The van der Waals surface area contributed by atoms with Crippen molar-refractivity contribution in [3.63, 3.8) is 0 Å². The fourth-order valence-corrected chi connectivity index (χ4v) is 2.42. The minimum atomic E-state index is -0.340. The lowest BCUT2D eigenvalue weighted by atomic mass is 10.2. The van der Waals surface area contributed by atoms with Crippen molar-refractivity contribution in [2.45, 2.75) is 0 Å². The normalized spacial score (nSPS) is 10.4. The van der Waals surface area contributed by atoms with E-state index in [2.05, 4.69) is 10.6 Å². The molecule has 2 aromatic carbocycles. The molecule has 1 amide bonds. The summed E-state index contributed by atoms with van der Waals surface area (Å²) in [4.78, 5) is 11.9. The lowest BCUT2D eigenvalue weighted by Crippen LogP contribution is -2.32. The van der Waals surface area contributed by atoms with Crippen LogP contribution in [0.2, 0.25) is 5.02 Å². The van der Waals surface area contributed by atoms with E-state index in [1.165, 1.54) is 13.2 Å². The minimum Gasteiger partial charge on any atom is -0.497 e. The van der Waals surface area contributed by atoms with E-state index in [1.807, 2.05) is 24.3 Å². The number of thiocarbonyl (C=S) groups is 1. The Bertz CT molecular complexity index is 791. The van der Waals surface area contributed by atoms with Crippen molar-refractivity contribution in [1.82, 2.24) is 5.32 Å². The molecule has 130 valence electrons. The first-order valence-corrected chi connectivity index (χ1v) is 8.08. The maximum Gasteiger partial charge on any atom is 0.250 e. The molecular weight excluding hydrogens is 360 g/mol. The molecular formula is C18H17ClN2O3S. The molecule has 25 heavy (non-hydrogen) atoms. The van der Waals surface area contributed by atoms with Crippen LogP contribution in [0.5, 0.6) is 11.5 Å². The number of hydrogen-bond donors (Lipinski definition) is 2. The van der Waals surface area contributed by atoms with E-state index in [4.69, 9.17) is 33.3 Å². The van der Waals surface area contributed by atoms with Gasteiger partial charge in [-0.2, -0.15) is 0 Å². The largest absolute Gasteiger partial charge is 0.497 e. The fourth-order valence-electron chi connectivity index (χ4n) is 1.95. The van der Waals surface area contributed by atoms with Crippen molar-refractivity contribution < 1.29 is 14.3 Å². The Hall–Kier alpha value is -2.57. The Morgan fingerprint density at radius 2 is 1.84 bits per heavy atom. The van der Waals surface area contributed by atoms with E-state index in [9.17, 15) is 4.79 Å². The standard InChI is InChI=1S/C18H17ClN2O3S/c1-23-14-7-3-12(4-8-14)5-10-17(22)21-18(25)20-13-6-9-16(24-2)15(19)11-13/h3-11H,1-2H3,(H2,20,21,22,25). The highest BCUT2D eigenvalue weighted by Crippen LogP contribution is 2.27. The summed E-state index contributed by atoms with van der Waals surface area (Å²) in [6.07, 6.45) is 3.08. The summed E-state index contributed by atoms with van der Waals surface area (Å²) in [5.74, 6) is 0.975. The van der Waals surface area contributed by atoms with Crippen LogP contribution in [0.1, 0.15) is 5.56 Å². The molecule has 7 heteroatoms. The van der Waals surface area contributed by atoms with Gasteiger partial charge < -0.3 is 14.8 Å². The predicted molar refractivity (Wildman–Crippen MR) is 104 cm³/mol. The van der Waals surface area contributed by atoms with Crippen molar-refractivity contribution in [3.8, 4) is 11.5 Å². The van der Waals surface area contributed by atoms with Gasteiger partial charge in [0, 0.05) is 11.8 Å². The van der Waals surface area contributed by atoms with Crippen LogP contribution in [-0.4, -0.2) is 25.2 Å². The zero-order valence-corrected chi connectivity index (χ0v) is 15.3. The summed E-state index contributed by atoms with van der Waals surface area (Å²) >= 11 is 11.2. The van der Waals surface area contributed by atoms with Gasteiger partial charge in [-0.3, -0.25) is 10.1 Å². The predicted octanol–water partition coefficient (Wildman–Crippen LogP) is 3.88. The van der Waals surface area contributed by atoms with Gasteiger partial charge >= 0.3 is 0 Å². The van der Waals surface area contributed by atoms with Gasteiger partial charge in [0.25, 0.3) is 0 Å². The van der Waals surface area contributed by atoms with Crippen LogP contribution >= 0.6 is 23.8 Å². The van der Waals surface area contributed by atoms with Gasteiger partial charge in [0.05, 0.1) is 19.2 Å².